The first kappa shape index (κ1) is 24.4. The van der Waals surface area contributed by atoms with Crippen LogP contribution in [0, 0.1) is 0 Å². The second-order valence-electron chi connectivity index (χ2n) is 9.41. The van der Waals surface area contributed by atoms with Gasteiger partial charge in [-0.3, -0.25) is 0 Å². The number of fused-ring (bicyclic) bond motifs is 3. The Labute approximate surface area is 203 Å². The average molecular weight is 506 g/mol. The van der Waals surface area contributed by atoms with E-state index in [1.807, 2.05) is 42.5 Å². The standard InChI is InChI=1S/C13H9.C5H5.2C4H6O2.C2H6Si.Ti/c1-3-7-12-10(5-1)9-11-6-2-4-8-13(11)12;1-2-4-5-3-1;2*1-3(2)4(5)6;1-3-2;/h1-9H;1-3H,4H2;2*1H2,2H3,(H,5,6);1-2H3;/q;;;;;+2/p-2. The second kappa shape index (κ2) is 8.81. The van der Waals surface area contributed by atoms with E-state index in [-0.39, 0.29) is 15.4 Å². The van der Waals surface area contributed by atoms with Gasteiger partial charge in [-0.25, -0.2) is 0 Å². The summed E-state index contributed by atoms with van der Waals surface area (Å²) in [5, 5.41) is 0. The Morgan fingerprint density at radius 2 is 1.35 bits per heavy atom. The Morgan fingerprint density at radius 1 is 0.882 bits per heavy atom. The van der Waals surface area contributed by atoms with E-state index in [0.29, 0.717) is 6.42 Å². The van der Waals surface area contributed by atoms with Gasteiger partial charge in [-0.05, 0) is 0 Å². The van der Waals surface area contributed by atoms with Gasteiger partial charge in [0.2, 0.25) is 0 Å². The topological polar surface area (TPSA) is 52.6 Å². The van der Waals surface area contributed by atoms with Gasteiger partial charge in [0.25, 0.3) is 0 Å². The van der Waals surface area contributed by atoms with Crippen LogP contribution in [0.15, 0.2) is 94.9 Å². The zero-order chi connectivity index (χ0) is 24.7. The fourth-order valence-electron chi connectivity index (χ4n) is 5.33. The molecule has 34 heavy (non-hydrogen) atoms. The first-order chi connectivity index (χ1) is 16.1. The molecule has 2 aromatic carbocycles. The van der Waals surface area contributed by atoms with E-state index < -0.39 is 32.9 Å². The zero-order valence-electron chi connectivity index (χ0n) is 20.2. The molecule has 4 nitrogen and oxygen atoms in total. The van der Waals surface area contributed by atoms with Crippen molar-refractivity contribution >= 4 is 18.1 Å². The van der Waals surface area contributed by atoms with Gasteiger partial charge in [-0.15, -0.1) is 0 Å². The summed E-state index contributed by atoms with van der Waals surface area (Å²) < 4.78 is 14.1. The van der Waals surface area contributed by atoms with Crippen molar-refractivity contribution in [3.63, 3.8) is 0 Å². The molecule has 2 aromatic rings. The Balaban J connectivity index is 2.22. The molecule has 0 saturated carbocycles. The number of hydrogen-bond acceptors (Lipinski definition) is 4. The SMILES string of the molecule is C=C(C)C(=O)[O][Ti]([O]C(=O)C(=C)C)([C]1=CC=CC1)([CH]1c2ccccc2-c2ccccc21)=[Si](C)C. The van der Waals surface area contributed by atoms with Gasteiger partial charge in [0.15, 0.2) is 0 Å². The number of hydrogen-bond donors (Lipinski definition) is 0. The Hall–Kier alpha value is -2.73. The summed E-state index contributed by atoms with van der Waals surface area (Å²) in [5.74, 6) is -1.01. The first-order valence-electron chi connectivity index (χ1n) is 11.4. The molecule has 0 bridgehead atoms. The minimum atomic E-state index is -5.27. The third kappa shape index (κ3) is 3.46. The second-order valence-corrected chi connectivity index (χ2v) is 26.1. The number of carbonyl (C=O) groups is 2. The molecule has 2 aliphatic carbocycles. The van der Waals surface area contributed by atoms with Crippen LogP contribution in [0.5, 0.6) is 0 Å². The summed E-state index contributed by atoms with van der Waals surface area (Å²) in [7, 11) is 0. The number of benzene rings is 2. The van der Waals surface area contributed by atoms with Crippen LogP contribution in [-0.4, -0.2) is 18.1 Å². The van der Waals surface area contributed by atoms with Crippen molar-refractivity contribution in [1.82, 2.24) is 0 Å². The van der Waals surface area contributed by atoms with Crippen LogP contribution >= 0.6 is 0 Å². The van der Waals surface area contributed by atoms with Crippen LogP contribution in [0.2, 0.25) is 13.1 Å². The molecule has 6 heteroatoms. The van der Waals surface area contributed by atoms with Gasteiger partial charge < -0.3 is 0 Å². The fraction of sp³-hybridized carbons (Fsp3) is 0.214. The molecule has 0 radical (unpaired) electrons. The monoisotopic (exact) mass is 506 g/mol. The molecular formula is C28H30O4SiTi. The van der Waals surface area contributed by atoms with E-state index in [0.717, 1.165) is 26.1 Å². The quantitative estimate of drug-likeness (QED) is 0.327. The molecule has 0 aromatic heterocycles. The maximum absolute atomic E-state index is 13.4. The summed E-state index contributed by atoms with van der Waals surface area (Å²) in [5.41, 5.74) is 4.84. The van der Waals surface area contributed by atoms with E-state index in [1.54, 1.807) is 13.8 Å². The Morgan fingerprint density at radius 3 is 1.74 bits per heavy atom. The summed E-state index contributed by atoms with van der Waals surface area (Å²) in [4.78, 5) is 26.9. The van der Waals surface area contributed by atoms with Crippen molar-refractivity contribution in [3.8, 4) is 11.1 Å². The third-order valence-electron chi connectivity index (χ3n) is 6.97. The van der Waals surface area contributed by atoms with E-state index in [9.17, 15) is 9.59 Å². The van der Waals surface area contributed by atoms with Crippen LogP contribution in [0.3, 0.4) is 0 Å². The molecule has 0 unspecified atom stereocenters. The molecule has 0 spiro atoms. The molecule has 4 rings (SSSR count). The molecular weight excluding hydrogens is 476 g/mol. The van der Waals surface area contributed by atoms with Crippen molar-refractivity contribution in [2.45, 2.75) is 37.6 Å². The normalized spacial score (nSPS) is 14.7. The third-order valence-corrected chi connectivity index (χ3v) is 28.0. The van der Waals surface area contributed by atoms with Crippen LogP contribution in [0.4, 0.5) is 0 Å². The molecule has 0 heterocycles. The predicted octanol–water partition coefficient (Wildman–Crippen LogP) is 6.61. The average Bonchev–Trinajstić information content (AvgIpc) is 3.46. The van der Waals surface area contributed by atoms with Crippen molar-refractivity contribution < 1.29 is 31.0 Å². The van der Waals surface area contributed by atoms with Gasteiger partial charge in [0, 0.05) is 0 Å². The first-order valence-corrected chi connectivity index (χ1v) is 19.2. The molecule has 0 N–H and O–H groups in total. The molecule has 0 saturated heterocycles. The Kier molecular flexibility index (Phi) is 6.32. The number of carbonyl (C=O) groups excluding carboxylic acids is 2. The molecule has 0 fully saturated rings. The van der Waals surface area contributed by atoms with Gasteiger partial charge in [-0.2, -0.15) is 0 Å². The maximum atomic E-state index is 13.4. The van der Waals surface area contributed by atoms with Gasteiger partial charge in [0.1, 0.15) is 0 Å². The van der Waals surface area contributed by atoms with Gasteiger partial charge in [-0.1, -0.05) is 0 Å². The van der Waals surface area contributed by atoms with Crippen LogP contribution in [0.1, 0.15) is 35.6 Å². The van der Waals surface area contributed by atoms with Crippen molar-refractivity contribution in [2.75, 3.05) is 0 Å². The molecule has 0 atom stereocenters. The molecule has 174 valence electrons. The van der Waals surface area contributed by atoms with Gasteiger partial charge in [0.05, 0.1) is 0 Å². The van der Waals surface area contributed by atoms with Crippen LogP contribution < -0.4 is 0 Å². The minimum absolute atomic E-state index is 0.288. The van der Waals surface area contributed by atoms with Crippen LogP contribution in [0.25, 0.3) is 11.1 Å². The number of allylic oxidation sites excluding steroid dienone is 4. The summed E-state index contributed by atoms with van der Waals surface area (Å²) in [6, 6.07) is 16.4. The molecule has 2 aliphatic rings. The predicted molar refractivity (Wildman–Crippen MR) is 135 cm³/mol. The zero-order valence-corrected chi connectivity index (χ0v) is 22.7. The molecule has 0 amide bonds. The molecule has 0 aliphatic heterocycles. The van der Waals surface area contributed by atoms with Crippen LogP contribution in [-0.2, 0) is 31.0 Å². The van der Waals surface area contributed by atoms with Gasteiger partial charge >= 0.3 is 204 Å². The van der Waals surface area contributed by atoms with E-state index in [1.165, 1.54) is 0 Å². The summed E-state index contributed by atoms with van der Waals surface area (Å²) in [6.07, 6.45) is 5.02. The van der Waals surface area contributed by atoms with E-state index in [2.05, 4.69) is 50.5 Å². The van der Waals surface area contributed by atoms with E-state index in [4.69, 9.17) is 6.64 Å². The van der Waals surface area contributed by atoms with Crippen molar-refractivity contribution in [3.05, 3.63) is 106 Å². The van der Waals surface area contributed by atoms with Crippen molar-refractivity contribution in [2.24, 2.45) is 0 Å². The number of rotatable bonds is 6. The fourth-order valence-corrected chi connectivity index (χ4v) is 24.5. The Bertz CT molecular complexity index is 1310. The summed E-state index contributed by atoms with van der Waals surface area (Å²) >= 11 is -5.27. The van der Waals surface area contributed by atoms with E-state index >= 15 is 0 Å². The summed E-state index contributed by atoms with van der Waals surface area (Å²) in [6.45, 7) is 15.2. The van der Waals surface area contributed by atoms with Crippen molar-refractivity contribution in [1.29, 1.82) is 0 Å².